The second kappa shape index (κ2) is 8.52. The number of hydrogen-bond acceptors (Lipinski definition) is 3. The summed E-state index contributed by atoms with van der Waals surface area (Å²) in [6, 6.07) is 9.15. The fraction of sp³-hybridized carbons (Fsp3) is 0.667. The summed E-state index contributed by atoms with van der Waals surface area (Å²) in [6.07, 6.45) is 0. The van der Waals surface area contributed by atoms with Crippen LogP contribution in [0.3, 0.4) is 0 Å². The topological polar surface area (TPSA) is 24.5 Å². The van der Waals surface area contributed by atoms with Gasteiger partial charge in [0, 0.05) is 31.8 Å². The molecule has 0 radical (unpaired) electrons. The van der Waals surface area contributed by atoms with E-state index >= 15 is 0 Å². The molecule has 0 heterocycles. The van der Waals surface area contributed by atoms with Gasteiger partial charge in [-0.1, -0.05) is 31.2 Å². The summed E-state index contributed by atoms with van der Waals surface area (Å²) < 4.78 is 5.29. The molecule has 0 saturated heterocycles. The molecule has 0 bridgehead atoms. The molecule has 3 nitrogen and oxygen atoms in total. The number of rotatable bonds is 8. The van der Waals surface area contributed by atoms with E-state index in [1.165, 1.54) is 11.1 Å². The first kappa shape index (κ1) is 18.1. The van der Waals surface area contributed by atoms with Gasteiger partial charge in [0.15, 0.2) is 0 Å². The molecular weight excluding hydrogens is 260 g/mol. The molecule has 1 atom stereocenters. The van der Waals surface area contributed by atoms with Gasteiger partial charge < -0.3 is 10.1 Å². The molecular formula is C18H32N2O. The van der Waals surface area contributed by atoms with Crippen molar-refractivity contribution in [3.63, 3.8) is 0 Å². The van der Waals surface area contributed by atoms with Crippen LogP contribution in [0.5, 0.6) is 0 Å². The molecule has 0 amide bonds. The lowest BCUT2D eigenvalue weighted by atomic mass is 10.0. The highest BCUT2D eigenvalue weighted by atomic mass is 16.5. The Hall–Kier alpha value is -0.900. The Labute approximate surface area is 130 Å². The highest BCUT2D eigenvalue weighted by Crippen LogP contribution is 2.15. The van der Waals surface area contributed by atoms with Crippen LogP contribution in [0.2, 0.25) is 0 Å². The Morgan fingerprint density at radius 2 is 1.81 bits per heavy atom. The van der Waals surface area contributed by atoms with E-state index in [4.69, 9.17) is 4.74 Å². The molecule has 1 N–H and O–H groups in total. The molecule has 1 unspecified atom stereocenters. The molecule has 1 aromatic rings. The monoisotopic (exact) mass is 292 g/mol. The van der Waals surface area contributed by atoms with Gasteiger partial charge in [-0.25, -0.2) is 0 Å². The Bertz CT molecular complexity index is 412. The van der Waals surface area contributed by atoms with E-state index in [2.05, 4.69) is 69.1 Å². The number of nitrogens with zero attached hydrogens (tertiary/aromatic N) is 1. The van der Waals surface area contributed by atoms with Crippen LogP contribution in [0.4, 0.5) is 0 Å². The minimum Gasteiger partial charge on any atom is -0.383 e. The number of methoxy groups -OCH3 is 1. The Balaban J connectivity index is 2.77. The molecule has 3 heteroatoms. The van der Waals surface area contributed by atoms with Crippen LogP contribution in [-0.4, -0.2) is 36.7 Å². The highest BCUT2D eigenvalue weighted by molar-refractivity contribution is 5.27. The number of likely N-dealkylation sites (N-methyl/N-ethyl adjacent to an activating group) is 1. The summed E-state index contributed by atoms with van der Waals surface area (Å²) in [5.41, 5.74) is 2.93. The molecule has 21 heavy (non-hydrogen) atoms. The van der Waals surface area contributed by atoms with Gasteiger partial charge in [0.25, 0.3) is 0 Å². The predicted molar refractivity (Wildman–Crippen MR) is 90.5 cm³/mol. The van der Waals surface area contributed by atoms with Crippen LogP contribution in [0.15, 0.2) is 24.3 Å². The summed E-state index contributed by atoms with van der Waals surface area (Å²) in [7, 11) is 1.77. The van der Waals surface area contributed by atoms with Crippen LogP contribution in [0.1, 0.15) is 45.7 Å². The van der Waals surface area contributed by atoms with Crippen molar-refractivity contribution in [3.05, 3.63) is 35.4 Å². The van der Waals surface area contributed by atoms with E-state index in [1.54, 1.807) is 7.11 Å². The Morgan fingerprint density at radius 3 is 2.33 bits per heavy atom. The Morgan fingerprint density at radius 1 is 1.19 bits per heavy atom. The van der Waals surface area contributed by atoms with Crippen LogP contribution in [0.25, 0.3) is 0 Å². The molecule has 0 aliphatic carbocycles. The zero-order chi connectivity index (χ0) is 15.9. The minimum absolute atomic E-state index is 0.140. The van der Waals surface area contributed by atoms with Crippen molar-refractivity contribution < 1.29 is 4.74 Å². The molecule has 0 spiro atoms. The van der Waals surface area contributed by atoms with Gasteiger partial charge in [0.1, 0.15) is 0 Å². The molecule has 1 rings (SSSR count). The fourth-order valence-electron chi connectivity index (χ4n) is 2.39. The maximum absolute atomic E-state index is 5.29. The predicted octanol–water partition coefficient (Wildman–Crippen LogP) is 3.43. The quantitative estimate of drug-likeness (QED) is 0.794. The van der Waals surface area contributed by atoms with Crippen LogP contribution >= 0.6 is 0 Å². The van der Waals surface area contributed by atoms with E-state index in [-0.39, 0.29) is 5.54 Å². The molecule has 0 aliphatic rings. The number of nitrogens with one attached hydrogen (secondary N) is 1. The van der Waals surface area contributed by atoms with Gasteiger partial charge in [-0.3, -0.25) is 4.90 Å². The van der Waals surface area contributed by atoms with Crippen molar-refractivity contribution >= 4 is 0 Å². The normalized spacial score (nSPS) is 13.7. The van der Waals surface area contributed by atoms with E-state index in [0.717, 1.165) is 26.2 Å². The van der Waals surface area contributed by atoms with Gasteiger partial charge in [0.2, 0.25) is 0 Å². The summed E-state index contributed by atoms with van der Waals surface area (Å²) in [4.78, 5) is 2.46. The standard InChI is InChI=1S/C18H32N2O/c1-7-20(15(2)14-21-6)13-17-11-9-8-10-16(17)12-19-18(3,4)5/h8-11,15,19H,7,12-14H2,1-6H3. The third-order valence-corrected chi connectivity index (χ3v) is 3.74. The van der Waals surface area contributed by atoms with Crippen molar-refractivity contribution in [2.45, 2.75) is 59.3 Å². The first-order valence-electron chi connectivity index (χ1n) is 7.92. The smallest absolute Gasteiger partial charge is 0.0615 e. The van der Waals surface area contributed by atoms with Crippen LogP contribution < -0.4 is 5.32 Å². The van der Waals surface area contributed by atoms with Crippen LogP contribution in [0, 0.1) is 0 Å². The summed E-state index contributed by atoms with van der Waals surface area (Å²) in [5.74, 6) is 0. The molecule has 1 aromatic carbocycles. The fourth-order valence-corrected chi connectivity index (χ4v) is 2.39. The third kappa shape index (κ3) is 6.60. The van der Waals surface area contributed by atoms with Crippen molar-refractivity contribution in [3.8, 4) is 0 Å². The summed E-state index contributed by atoms with van der Waals surface area (Å²) >= 11 is 0. The lowest BCUT2D eigenvalue weighted by Crippen LogP contribution is -2.37. The lowest BCUT2D eigenvalue weighted by molar-refractivity contribution is 0.0980. The van der Waals surface area contributed by atoms with E-state index in [1.807, 2.05) is 0 Å². The highest BCUT2D eigenvalue weighted by Gasteiger charge is 2.15. The first-order valence-corrected chi connectivity index (χ1v) is 7.92. The number of hydrogen-bond donors (Lipinski definition) is 1. The van der Waals surface area contributed by atoms with Gasteiger partial charge in [0.05, 0.1) is 6.61 Å². The van der Waals surface area contributed by atoms with Gasteiger partial charge in [-0.15, -0.1) is 0 Å². The zero-order valence-electron chi connectivity index (χ0n) is 14.6. The van der Waals surface area contributed by atoms with Gasteiger partial charge in [-0.05, 0) is 45.4 Å². The Kier molecular flexibility index (Phi) is 7.36. The zero-order valence-corrected chi connectivity index (χ0v) is 14.6. The summed E-state index contributed by atoms with van der Waals surface area (Å²) in [6.45, 7) is 14.7. The van der Waals surface area contributed by atoms with Gasteiger partial charge in [-0.2, -0.15) is 0 Å². The molecule has 120 valence electrons. The van der Waals surface area contributed by atoms with Gasteiger partial charge >= 0.3 is 0 Å². The average molecular weight is 292 g/mol. The van der Waals surface area contributed by atoms with E-state index in [0.29, 0.717) is 6.04 Å². The molecule has 0 saturated carbocycles. The molecule has 0 aliphatic heterocycles. The number of ether oxygens (including phenoxy) is 1. The van der Waals surface area contributed by atoms with Crippen molar-refractivity contribution in [2.75, 3.05) is 20.3 Å². The average Bonchev–Trinajstić information content (AvgIpc) is 2.42. The van der Waals surface area contributed by atoms with Crippen molar-refractivity contribution in [2.24, 2.45) is 0 Å². The second-order valence-corrected chi connectivity index (χ2v) is 6.74. The van der Waals surface area contributed by atoms with E-state index in [9.17, 15) is 0 Å². The molecule has 0 aromatic heterocycles. The minimum atomic E-state index is 0.140. The number of benzene rings is 1. The summed E-state index contributed by atoms with van der Waals surface area (Å²) in [5, 5.41) is 3.58. The largest absolute Gasteiger partial charge is 0.383 e. The third-order valence-electron chi connectivity index (χ3n) is 3.74. The maximum Gasteiger partial charge on any atom is 0.0615 e. The first-order chi connectivity index (χ1) is 9.87. The maximum atomic E-state index is 5.29. The molecule has 0 fully saturated rings. The van der Waals surface area contributed by atoms with Crippen molar-refractivity contribution in [1.82, 2.24) is 10.2 Å². The second-order valence-electron chi connectivity index (χ2n) is 6.74. The van der Waals surface area contributed by atoms with E-state index < -0.39 is 0 Å². The van der Waals surface area contributed by atoms with Crippen molar-refractivity contribution in [1.29, 1.82) is 0 Å². The SMILES string of the molecule is CCN(Cc1ccccc1CNC(C)(C)C)C(C)COC. The lowest BCUT2D eigenvalue weighted by Gasteiger charge is -2.29. The van der Waals surface area contributed by atoms with Crippen LogP contribution in [-0.2, 0) is 17.8 Å².